The first-order chi connectivity index (χ1) is 13.4. The maximum Gasteiger partial charge on any atom is 0.242 e. The lowest BCUT2D eigenvalue weighted by Gasteiger charge is -2.29. The molecule has 2 amide bonds. The Kier molecular flexibility index (Phi) is 9.07. The van der Waals surface area contributed by atoms with Crippen molar-refractivity contribution in [1.82, 2.24) is 14.4 Å². The van der Waals surface area contributed by atoms with E-state index in [9.17, 15) is 9.59 Å². The summed E-state index contributed by atoms with van der Waals surface area (Å²) in [6.45, 7) is 8.01. The molecule has 2 rings (SSSR count). The van der Waals surface area contributed by atoms with Crippen LogP contribution in [0.15, 0.2) is 18.3 Å². The van der Waals surface area contributed by atoms with Crippen molar-refractivity contribution in [2.45, 2.75) is 84.7 Å². The van der Waals surface area contributed by atoms with E-state index in [2.05, 4.69) is 31.4 Å². The summed E-state index contributed by atoms with van der Waals surface area (Å²) >= 11 is 0. The third-order valence-electron chi connectivity index (χ3n) is 5.45. The third kappa shape index (κ3) is 7.33. The molecule has 0 radical (unpaired) electrons. The van der Waals surface area contributed by atoms with Gasteiger partial charge in [0.2, 0.25) is 11.8 Å². The molecule has 0 unspecified atom stereocenters. The van der Waals surface area contributed by atoms with Crippen molar-refractivity contribution in [3.63, 3.8) is 0 Å². The summed E-state index contributed by atoms with van der Waals surface area (Å²) in [5.74, 6) is 0.629. The van der Waals surface area contributed by atoms with Gasteiger partial charge in [0.05, 0.1) is 6.54 Å². The van der Waals surface area contributed by atoms with Crippen LogP contribution in [0.5, 0.6) is 0 Å². The quantitative estimate of drug-likeness (QED) is 0.471. The van der Waals surface area contributed by atoms with Crippen molar-refractivity contribution in [2.24, 2.45) is 13.0 Å². The first kappa shape index (κ1) is 22.5. The summed E-state index contributed by atoms with van der Waals surface area (Å²) in [5.41, 5.74) is 1.12. The van der Waals surface area contributed by atoms with Crippen molar-refractivity contribution in [1.29, 1.82) is 0 Å². The summed E-state index contributed by atoms with van der Waals surface area (Å²) in [7, 11) is 2.01. The Morgan fingerprint density at radius 3 is 2.43 bits per heavy atom. The van der Waals surface area contributed by atoms with Crippen LogP contribution < -0.4 is 0 Å². The van der Waals surface area contributed by atoms with Crippen LogP contribution in [0.4, 0.5) is 0 Å². The van der Waals surface area contributed by atoms with Crippen LogP contribution in [0.3, 0.4) is 0 Å². The maximum atomic E-state index is 13.1. The monoisotopic (exact) mass is 389 g/mol. The lowest BCUT2D eigenvalue weighted by Crippen LogP contribution is -2.44. The fourth-order valence-corrected chi connectivity index (χ4v) is 3.63. The number of aromatic nitrogens is 1. The van der Waals surface area contributed by atoms with E-state index in [-0.39, 0.29) is 24.4 Å². The highest BCUT2D eigenvalue weighted by atomic mass is 16.2. The highest BCUT2D eigenvalue weighted by molar-refractivity contribution is 5.85. The summed E-state index contributed by atoms with van der Waals surface area (Å²) < 4.78 is 2.06. The third-order valence-corrected chi connectivity index (χ3v) is 5.45. The van der Waals surface area contributed by atoms with E-state index < -0.39 is 0 Å². The van der Waals surface area contributed by atoms with E-state index in [0.717, 1.165) is 31.4 Å². The number of aryl methyl sites for hydroxylation is 1. The van der Waals surface area contributed by atoms with Gasteiger partial charge in [-0.25, -0.2) is 0 Å². The molecule has 0 atom stereocenters. The maximum absolute atomic E-state index is 13.1. The normalized spacial score (nSPS) is 13.8. The second kappa shape index (κ2) is 11.3. The fourth-order valence-electron chi connectivity index (χ4n) is 3.63. The molecular weight excluding hydrogens is 350 g/mol. The lowest BCUT2D eigenvalue weighted by atomic mass is 10.1. The van der Waals surface area contributed by atoms with Gasteiger partial charge in [0.25, 0.3) is 0 Å². The van der Waals surface area contributed by atoms with Gasteiger partial charge in [-0.3, -0.25) is 9.59 Å². The number of unbranched alkanes of at least 4 members (excludes halogenated alkanes) is 4. The number of nitrogens with zero attached hydrogens (tertiary/aromatic N) is 3. The zero-order chi connectivity index (χ0) is 20.5. The molecule has 0 bridgehead atoms. The minimum Gasteiger partial charge on any atom is -0.353 e. The van der Waals surface area contributed by atoms with Crippen LogP contribution in [0, 0.1) is 5.92 Å². The molecule has 1 aliphatic rings. The van der Waals surface area contributed by atoms with E-state index in [0.29, 0.717) is 25.4 Å². The molecule has 1 aromatic heterocycles. The molecule has 0 aromatic carbocycles. The van der Waals surface area contributed by atoms with Crippen LogP contribution in [0.25, 0.3) is 0 Å². The molecule has 28 heavy (non-hydrogen) atoms. The van der Waals surface area contributed by atoms with Crippen LogP contribution in [-0.4, -0.2) is 45.3 Å². The van der Waals surface area contributed by atoms with Gasteiger partial charge in [0, 0.05) is 37.9 Å². The van der Waals surface area contributed by atoms with Crippen molar-refractivity contribution >= 4 is 11.8 Å². The van der Waals surface area contributed by atoms with Crippen LogP contribution in [0.2, 0.25) is 0 Å². The Labute approximate surface area is 171 Å². The number of carbonyl (C=O) groups excluding carboxylic acids is 2. The van der Waals surface area contributed by atoms with Crippen molar-refractivity contribution in [2.75, 3.05) is 13.1 Å². The highest BCUT2D eigenvalue weighted by Gasteiger charge is 2.34. The molecule has 1 aromatic rings. The molecular formula is C23H39N3O2. The predicted molar refractivity (Wildman–Crippen MR) is 114 cm³/mol. The predicted octanol–water partition coefficient (Wildman–Crippen LogP) is 4.36. The molecule has 1 aliphatic carbocycles. The topological polar surface area (TPSA) is 45.6 Å². The SMILES string of the molecule is CCCCCCCC(=O)N(CC(=O)N(Cc1cccn1C)CC(C)C)C1CC1. The zero-order valence-electron chi connectivity index (χ0n) is 18.3. The molecule has 0 N–H and O–H groups in total. The van der Waals surface area contributed by atoms with Crippen LogP contribution in [-0.2, 0) is 23.2 Å². The molecule has 158 valence electrons. The van der Waals surface area contributed by atoms with E-state index in [1.54, 1.807) is 0 Å². The number of carbonyl (C=O) groups is 2. The standard InChI is InChI=1S/C23H39N3O2/c1-5-6-7-8-9-12-22(27)26(20-13-14-20)18-23(28)25(16-19(2)3)17-21-11-10-15-24(21)4/h10-11,15,19-20H,5-9,12-14,16-18H2,1-4H3. The van der Waals surface area contributed by atoms with E-state index >= 15 is 0 Å². The largest absolute Gasteiger partial charge is 0.353 e. The molecule has 0 aliphatic heterocycles. The molecule has 5 nitrogen and oxygen atoms in total. The summed E-state index contributed by atoms with van der Waals surface area (Å²) in [6.07, 6.45) is 10.4. The summed E-state index contributed by atoms with van der Waals surface area (Å²) in [6, 6.07) is 4.34. The van der Waals surface area contributed by atoms with E-state index in [4.69, 9.17) is 0 Å². The highest BCUT2D eigenvalue weighted by Crippen LogP contribution is 2.28. The zero-order valence-corrected chi connectivity index (χ0v) is 18.3. The second-order valence-corrected chi connectivity index (χ2v) is 8.70. The second-order valence-electron chi connectivity index (χ2n) is 8.70. The Morgan fingerprint density at radius 1 is 1.14 bits per heavy atom. The molecule has 0 saturated heterocycles. The van der Waals surface area contributed by atoms with Gasteiger partial charge in [-0.15, -0.1) is 0 Å². The minimum absolute atomic E-state index is 0.0705. The molecule has 5 heteroatoms. The number of hydrogen-bond donors (Lipinski definition) is 0. The minimum atomic E-state index is 0.0705. The summed E-state index contributed by atoms with van der Waals surface area (Å²) in [5, 5.41) is 0. The van der Waals surface area contributed by atoms with Crippen molar-refractivity contribution in [3.8, 4) is 0 Å². The van der Waals surface area contributed by atoms with E-state index in [1.165, 1.54) is 19.3 Å². The fraction of sp³-hybridized carbons (Fsp3) is 0.739. The van der Waals surface area contributed by atoms with Gasteiger partial charge in [0.15, 0.2) is 0 Å². The smallest absolute Gasteiger partial charge is 0.242 e. The average Bonchev–Trinajstić information content (AvgIpc) is 3.41. The van der Waals surface area contributed by atoms with Gasteiger partial charge < -0.3 is 14.4 Å². The Balaban J connectivity index is 1.93. The Morgan fingerprint density at radius 2 is 1.86 bits per heavy atom. The van der Waals surface area contributed by atoms with Gasteiger partial charge >= 0.3 is 0 Å². The number of amides is 2. The molecule has 1 saturated carbocycles. The van der Waals surface area contributed by atoms with E-state index in [1.807, 2.05) is 29.1 Å². The first-order valence-corrected chi connectivity index (χ1v) is 11.1. The van der Waals surface area contributed by atoms with Gasteiger partial charge in [0.1, 0.15) is 6.54 Å². The Hall–Kier alpha value is -1.78. The summed E-state index contributed by atoms with van der Waals surface area (Å²) in [4.78, 5) is 29.6. The van der Waals surface area contributed by atoms with Crippen molar-refractivity contribution in [3.05, 3.63) is 24.0 Å². The first-order valence-electron chi connectivity index (χ1n) is 11.1. The molecule has 1 fully saturated rings. The Bertz CT molecular complexity index is 619. The van der Waals surface area contributed by atoms with Crippen LogP contribution in [0.1, 0.15) is 77.8 Å². The number of rotatable bonds is 13. The van der Waals surface area contributed by atoms with Gasteiger partial charge in [-0.2, -0.15) is 0 Å². The lowest BCUT2D eigenvalue weighted by molar-refractivity contribution is -0.141. The van der Waals surface area contributed by atoms with Crippen molar-refractivity contribution < 1.29 is 9.59 Å². The average molecular weight is 390 g/mol. The van der Waals surface area contributed by atoms with Gasteiger partial charge in [-0.1, -0.05) is 46.5 Å². The number of hydrogen-bond acceptors (Lipinski definition) is 2. The van der Waals surface area contributed by atoms with Crippen LogP contribution >= 0.6 is 0 Å². The molecule has 0 spiro atoms. The van der Waals surface area contributed by atoms with Gasteiger partial charge in [-0.05, 0) is 37.3 Å². The molecule has 1 heterocycles.